The number of halogens is 1. The summed E-state index contributed by atoms with van der Waals surface area (Å²) < 4.78 is 27.4. The monoisotopic (exact) mass is 332 g/mol. The van der Waals surface area contributed by atoms with Gasteiger partial charge < -0.3 is 4.90 Å². The van der Waals surface area contributed by atoms with Crippen LogP contribution in [0.4, 0.5) is 0 Å². The SMILES string of the molecule is O=S(=O)(NCCN1CCCC1)c1ccccc1Br. The molecule has 0 unspecified atom stereocenters. The molecule has 1 N–H and O–H groups in total. The minimum atomic E-state index is -3.41. The fraction of sp³-hybridized carbons (Fsp3) is 0.500. The van der Waals surface area contributed by atoms with Crippen LogP contribution in [0.3, 0.4) is 0 Å². The van der Waals surface area contributed by atoms with Crippen molar-refractivity contribution >= 4 is 26.0 Å². The Morgan fingerprint density at radius 3 is 2.56 bits per heavy atom. The van der Waals surface area contributed by atoms with E-state index < -0.39 is 10.0 Å². The fourth-order valence-corrected chi connectivity index (χ4v) is 4.11. The molecule has 1 aromatic rings. The first-order chi connectivity index (χ1) is 8.59. The van der Waals surface area contributed by atoms with E-state index in [1.165, 1.54) is 12.8 Å². The number of nitrogens with one attached hydrogen (secondary N) is 1. The summed E-state index contributed by atoms with van der Waals surface area (Å²) in [6.07, 6.45) is 2.44. The first kappa shape index (κ1) is 14.0. The van der Waals surface area contributed by atoms with E-state index in [1.807, 2.05) is 0 Å². The van der Waals surface area contributed by atoms with Gasteiger partial charge in [0.2, 0.25) is 10.0 Å². The van der Waals surface area contributed by atoms with Crippen molar-refractivity contribution in [2.75, 3.05) is 26.2 Å². The summed E-state index contributed by atoms with van der Waals surface area (Å²) in [5.74, 6) is 0. The first-order valence-electron chi connectivity index (χ1n) is 6.06. The molecule has 2 rings (SSSR count). The second-order valence-electron chi connectivity index (χ2n) is 4.38. The van der Waals surface area contributed by atoms with Crippen LogP contribution < -0.4 is 4.72 Å². The van der Waals surface area contributed by atoms with Gasteiger partial charge in [0.05, 0.1) is 4.90 Å². The topological polar surface area (TPSA) is 49.4 Å². The summed E-state index contributed by atoms with van der Waals surface area (Å²) in [5.41, 5.74) is 0. The normalized spacial score (nSPS) is 17.2. The van der Waals surface area contributed by atoms with Crippen LogP contribution in [0.15, 0.2) is 33.6 Å². The van der Waals surface area contributed by atoms with Crippen molar-refractivity contribution in [2.45, 2.75) is 17.7 Å². The van der Waals surface area contributed by atoms with Gasteiger partial charge >= 0.3 is 0 Å². The quantitative estimate of drug-likeness (QED) is 0.894. The van der Waals surface area contributed by atoms with Gasteiger partial charge in [-0.3, -0.25) is 0 Å². The Morgan fingerprint density at radius 2 is 1.89 bits per heavy atom. The summed E-state index contributed by atoms with van der Waals surface area (Å²) in [7, 11) is -3.41. The molecule has 0 bridgehead atoms. The molecule has 0 amide bonds. The number of benzene rings is 1. The highest BCUT2D eigenvalue weighted by Crippen LogP contribution is 2.20. The molecule has 100 valence electrons. The Morgan fingerprint density at radius 1 is 1.22 bits per heavy atom. The van der Waals surface area contributed by atoms with Gasteiger partial charge in [-0.15, -0.1) is 0 Å². The number of nitrogens with zero attached hydrogens (tertiary/aromatic N) is 1. The number of hydrogen-bond acceptors (Lipinski definition) is 3. The molecule has 18 heavy (non-hydrogen) atoms. The maximum Gasteiger partial charge on any atom is 0.241 e. The first-order valence-corrected chi connectivity index (χ1v) is 8.34. The lowest BCUT2D eigenvalue weighted by molar-refractivity contribution is 0.344. The van der Waals surface area contributed by atoms with Crippen LogP contribution in [0.2, 0.25) is 0 Å². The summed E-state index contributed by atoms with van der Waals surface area (Å²) >= 11 is 3.26. The lowest BCUT2D eigenvalue weighted by Gasteiger charge is -2.15. The minimum Gasteiger partial charge on any atom is -0.302 e. The van der Waals surface area contributed by atoms with Gasteiger partial charge in [0.15, 0.2) is 0 Å². The van der Waals surface area contributed by atoms with Gasteiger partial charge in [0.1, 0.15) is 0 Å². The predicted octanol–water partition coefficient (Wildman–Crippen LogP) is 1.82. The molecule has 0 saturated carbocycles. The standard InChI is InChI=1S/C12H17BrN2O2S/c13-11-5-1-2-6-12(11)18(16,17)14-7-10-15-8-3-4-9-15/h1-2,5-6,14H,3-4,7-10H2. The minimum absolute atomic E-state index is 0.298. The fourth-order valence-electron chi connectivity index (χ4n) is 2.08. The Hall–Kier alpha value is -0.430. The maximum absolute atomic E-state index is 12.1. The third-order valence-electron chi connectivity index (χ3n) is 3.04. The van der Waals surface area contributed by atoms with E-state index in [9.17, 15) is 8.42 Å². The van der Waals surface area contributed by atoms with Gasteiger partial charge in [0.25, 0.3) is 0 Å². The number of rotatable bonds is 5. The van der Waals surface area contributed by atoms with Gasteiger partial charge in [-0.25, -0.2) is 13.1 Å². The zero-order valence-electron chi connectivity index (χ0n) is 10.1. The van der Waals surface area contributed by atoms with Crippen molar-refractivity contribution in [3.63, 3.8) is 0 Å². The van der Waals surface area contributed by atoms with Crippen LogP contribution in [0.1, 0.15) is 12.8 Å². The third kappa shape index (κ3) is 3.54. The van der Waals surface area contributed by atoms with E-state index in [-0.39, 0.29) is 0 Å². The van der Waals surface area contributed by atoms with E-state index in [2.05, 4.69) is 25.6 Å². The highest BCUT2D eigenvalue weighted by Gasteiger charge is 2.17. The van der Waals surface area contributed by atoms with Crippen LogP contribution in [-0.4, -0.2) is 39.5 Å². The van der Waals surface area contributed by atoms with Crippen molar-refractivity contribution in [2.24, 2.45) is 0 Å². The molecule has 0 spiro atoms. The van der Waals surface area contributed by atoms with Crippen molar-refractivity contribution in [1.29, 1.82) is 0 Å². The Labute approximate surface area is 117 Å². The molecule has 1 aliphatic rings. The molecule has 0 aromatic heterocycles. The van der Waals surface area contributed by atoms with Gasteiger partial charge in [-0.2, -0.15) is 0 Å². The largest absolute Gasteiger partial charge is 0.302 e. The molecule has 0 aliphatic carbocycles. The van der Waals surface area contributed by atoms with E-state index in [0.717, 1.165) is 19.6 Å². The van der Waals surface area contributed by atoms with E-state index >= 15 is 0 Å². The molecule has 1 saturated heterocycles. The molecule has 4 nitrogen and oxygen atoms in total. The zero-order chi connectivity index (χ0) is 13.0. The summed E-state index contributed by atoms with van der Waals surface area (Å²) in [6.45, 7) is 3.40. The summed E-state index contributed by atoms with van der Waals surface area (Å²) in [6, 6.07) is 6.85. The highest BCUT2D eigenvalue weighted by atomic mass is 79.9. The van der Waals surface area contributed by atoms with Gasteiger partial charge in [-0.05, 0) is 54.0 Å². The average molecular weight is 333 g/mol. The summed E-state index contributed by atoms with van der Waals surface area (Å²) in [5, 5.41) is 0. The van der Waals surface area contributed by atoms with Crippen molar-refractivity contribution < 1.29 is 8.42 Å². The smallest absolute Gasteiger partial charge is 0.241 e. The number of sulfonamides is 1. The molecular weight excluding hydrogens is 316 g/mol. The van der Waals surface area contributed by atoms with Gasteiger partial charge in [-0.1, -0.05) is 12.1 Å². The lowest BCUT2D eigenvalue weighted by atomic mass is 10.4. The predicted molar refractivity (Wildman–Crippen MR) is 75.0 cm³/mol. The number of hydrogen-bond donors (Lipinski definition) is 1. The van der Waals surface area contributed by atoms with Crippen molar-refractivity contribution in [3.8, 4) is 0 Å². The molecule has 1 aliphatic heterocycles. The van der Waals surface area contributed by atoms with E-state index in [4.69, 9.17) is 0 Å². The zero-order valence-corrected chi connectivity index (χ0v) is 12.5. The number of likely N-dealkylation sites (tertiary alicyclic amines) is 1. The van der Waals surface area contributed by atoms with Crippen LogP contribution in [0, 0.1) is 0 Å². The van der Waals surface area contributed by atoms with Crippen molar-refractivity contribution in [3.05, 3.63) is 28.7 Å². The molecule has 1 aromatic carbocycles. The third-order valence-corrected chi connectivity index (χ3v) is 5.52. The van der Waals surface area contributed by atoms with E-state index in [0.29, 0.717) is 15.9 Å². The Kier molecular flexibility index (Phi) is 4.77. The van der Waals surface area contributed by atoms with Crippen LogP contribution in [0.25, 0.3) is 0 Å². The maximum atomic E-state index is 12.1. The average Bonchev–Trinajstić information content (AvgIpc) is 2.82. The van der Waals surface area contributed by atoms with E-state index in [1.54, 1.807) is 24.3 Å². The van der Waals surface area contributed by atoms with Crippen LogP contribution in [0.5, 0.6) is 0 Å². The Bertz CT molecular complexity index is 499. The molecule has 1 heterocycles. The molecule has 0 radical (unpaired) electrons. The highest BCUT2D eigenvalue weighted by molar-refractivity contribution is 9.10. The van der Waals surface area contributed by atoms with Crippen LogP contribution >= 0.6 is 15.9 Å². The van der Waals surface area contributed by atoms with Crippen LogP contribution in [-0.2, 0) is 10.0 Å². The molecule has 1 fully saturated rings. The lowest BCUT2D eigenvalue weighted by Crippen LogP contribution is -2.33. The molecule has 0 atom stereocenters. The van der Waals surface area contributed by atoms with Gasteiger partial charge in [0, 0.05) is 17.6 Å². The molecular formula is C12H17BrN2O2S. The van der Waals surface area contributed by atoms with Crippen molar-refractivity contribution in [1.82, 2.24) is 9.62 Å². The Balaban J connectivity index is 1.93. The summed E-state index contributed by atoms with van der Waals surface area (Å²) in [4.78, 5) is 2.58. The molecule has 6 heteroatoms. The second-order valence-corrected chi connectivity index (χ2v) is 6.97. The second kappa shape index (κ2) is 6.14.